The molecule has 12 heteroatoms. The summed E-state index contributed by atoms with van der Waals surface area (Å²) in [6, 6.07) is 7.23. The Morgan fingerprint density at radius 3 is 2.44 bits per heavy atom. The van der Waals surface area contributed by atoms with Gasteiger partial charge in [-0.2, -0.15) is 0 Å². The Labute approximate surface area is 304 Å². The number of esters is 1. The Morgan fingerprint density at radius 1 is 1.18 bits per heavy atom. The van der Waals surface area contributed by atoms with Crippen LogP contribution in [0.3, 0.4) is 0 Å². The maximum Gasteiger partial charge on any atom is 0.313 e. The van der Waals surface area contributed by atoms with Gasteiger partial charge in [0, 0.05) is 37.0 Å². The maximum atomic E-state index is 14.8. The third kappa shape index (κ3) is 8.03. The number of rotatable bonds is 17. The van der Waals surface area contributed by atoms with E-state index in [0.29, 0.717) is 24.8 Å². The fourth-order valence-corrected chi connectivity index (χ4v) is 9.40. The zero-order valence-electron chi connectivity index (χ0n) is 30.2. The Hall–Kier alpha value is -3.06. The van der Waals surface area contributed by atoms with Crippen LogP contribution in [0.25, 0.3) is 0 Å². The topological polar surface area (TPSA) is 135 Å². The number of hydrogen-bond donors (Lipinski definition) is 2. The van der Waals surface area contributed by atoms with Crippen molar-refractivity contribution in [3.8, 4) is 0 Å². The molecule has 3 aliphatic heterocycles. The highest BCUT2D eigenvalue weighted by Gasteiger charge is 2.77. The van der Waals surface area contributed by atoms with Crippen molar-refractivity contribution in [2.75, 3.05) is 33.4 Å². The second-order valence-corrected chi connectivity index (χ2v) is 16.6. The number of nitrogens with zero attached hydrogens (tertiary/aromatic N) is 2. The second-order valence-electron chi connectivity index (χ2n) is 15.4. The van der Waals surface area contributed by atoms with E-state index < -0.39 is 59.1 Å². The number of halogens is 1. The number of nitrogens with one attached hydrogen (secondary N) is 1. The van der Waals surface area contributed by atoms with Gasteiger partial charge in [0.05, 0.1) is 37.2 Å². The molecule has 3 fully saturated rings. The number of methoxy groups -OCH3 is 1. The van der Waals surface area contributed by atoms with Crippen molar-refractivity contribution in [2.45, 2.75) is 101 Å². The molecule has 0 aromatic heterocycles. The predicted molar refractivity (Wildman–Crippen MR) is 193 cm³/mol. The van der Waals surface area contributed by atoms with E-state index in [1.165, 1.54) is 12.0 Å². The van der Waals surface area contributed by atoms with Gasteiger partial charge in [0.1, 0.15) is 17.7 Å². The number of likely N-dealkylation sites (tertiary alicyclic amines) is 1. The van der Waals surface area contributed by atoms with Crippen molar-refractivity contribution in [1.29, 1.82) is 0 Å². The Balaban J connectivity index is 1.73. The van der Waals surface area contributed by atoms with Gasteiger partial charge in [0.15, 0.2) is 0 Å². The SMILES string of the molecule is C=CCCC(=O)N[C@H](COC)[C@H](OC(=O)[C@H]1[C@@H]2O[C@@]3(CC2Br)[C@@H]1C(=O)N(CCO)[C@@H]3C(=O)N(CC=C)C(C)(C)CC(C)(C)C)c1ccccc1. The van der Waals surface area contributed by atoms with Crippen LogP contribution < -0.4 is 5.32 Å². The van der Waals surface area contributed by atoms with Crippen molar-refractivity contribution >= 4 is 39.6 Å². The third-order valence-electron chi connectivity index (χ3n) is 9.91. The Bertz CT molecular complexity index is 1410. The lowest BCUT2D eigenvalue weighted by molar-refractivity contribution is -0.163. The number of β-amino-alcohol motifs (C(OH)–C–C–N with tert-alkyl or cyclic N) is 1. The molecule has 1 unspecified atom stereocenters. The fourth-order valence-electron chi connectivity index (χ4n) is 8.46. The number of fused-ring (bicyclic) bond motifs is 1. The molecule has 1 spiro atoms. The van der Waals surface area contributed by atoms with E-state index in [-0.39, 0.29) is 54.8 Å². The number of benzene rings is 1. The molecule has 276 valence electrons. The van der Waals surface area contributed by atoms with Gasteiger partial charge in [-0.15, -0.1) is 13.2 Å². The van der Waals surface area contributed by atoms with Crippen LogP contribution >= 0.6 is 15.9 Å². The van der Waals surface area contributed by atoms with Gasteiger partial charge in [0.25, 0.3) is 0 Å². The number of carbonyl (C=O) groups is 4. The number of alkyl halides is 1. The molecular weight excluding hydrogens is 706 g/mol. The highest BCUT2D eigenvalue weighted by atomic mass is 79.9. The molecule has 50 heavy (non-hydrogen) atoms. The van der Waals surface area contributed by atoms with Gasteiger partial charge in [-0.05, 0) is 44.1 Å². The second kappa shape index (κ2) is 16.1. The van der Waals surface area contributed by atoms with E-state index in [0.717, 1.165) is 0 Å². The summed E-state index contributed by atoms with van der Waals surface area (Å²) in [4.78, 5) is 59.4. The number of hydrogen-bond acceptors (Lipinski definition) is 8. The highest BCUT2D eigenvalue weighted by Crippen LogP contribution is 2.60. The normalized spacial score (nSPS) is 27.0. The molecule has 0 saturated carbocycles. The lowest BCUT2D eigenvalue weighted by atomic mass is 9.70. The molecule has 3 saturated heterocycles. The minimum atomic E-state index is -1.34. The summed E-state index contributed by atoms with van der Waals surface area (Å²) in [5.41, 5.74) is -1.44. The average molecular weight is 761 g/mol. The first-order valence-corrected chi connectivity index (χ1v) is 18.3. The number of carbonyl (C=O) groups excluding carboxylic acids is 4. The van der Waals surface area contributed by atoms with Crippen LogP contribution in [0.15, 0.2) is 55.6 Å². The van der Waals surface area contributed by atoms with Crippen molar-refractivity contribution in [3.63, 3.8) is 0 Å². The molecule has 11 nitrogen and oxygen atoms in total. The van der Waals surface area contributed by atoms with Crippen molar-refractivity contribution in [1.82, 2.24) is 15.1 Å². The van der Waals surface area contributed by atoms with Crippen molar-refractivity contribution in [2.24, 2.45) is 17.3 Å². The van der Waals surface area contributed by atoms with Crippen LogP contribution in [0.4, 0.5) is 0 Å². The maximum absolute atomic E-state index is 14.8. The number of amides is 3. The quantitative estimate of drug-likeness (QED) is 0.136. The van der Waals surface area contributed by atoms with Crippen LogP contribution in [0.1, 0.15) is 72.0 Å². The Kier molecular flexibility index (Phi) is 12.8. The molecule has 1 aromatic carbocycles. The monoisotopic (exact) mass is 759 g/mol. The molecule has 8 atom stereocenters. The highest BCUT2D eigenvalue weighted by molar-refractivity contribution is 9.09. The predicted octanol–water partition coefficient (Wildman–Crippen LogP) is 4.34. The summed E-state index contributed by atoms with van der Waals surface area (Å²) < 4.78 is 18.4. The zero-order chi connectivity index (χ0) is 37.0. The van der Waals surface area contributed by atoms with E-state index in [4.69, 9.17) is 14.2 Å². The van der Waals surface area contributed by atoms with Crippen molar-refractivity contribution in [3.05, 3.63) is 61.2 Å². The lowest BCUT2D eigenvalue weighted by Crippen LogP contribution is -2.61. The van der Waals surface area contributed by atoms with E-state index in [1.54, 1.807) is 29.2 Å². The van der Waals surface area contributed by atoms with Gasteiger partial charge >= 0.3 is 5.97 Å². The number of aliphatic hydroxyl groups is 1. The standard InChI is InChI=1S/C38H54BrN3O8/c1-9-11-17-27(44)40-26(22-48-8)30(24-15-13-12-14-16-24)49-35(47)28-29-33(45)41(19-20-43)32(38(29)21-25(39)31(28)50-38)34(46)42(18-10-2)37(6,7)23-36(3,4)5/h9-10,12-16,25-26,28-32,43H,1-2,11,17-23H2,3-8H3,(H,40,44)/t25?,26-,28-,29+,30-,31-,32-,38+/m1/s1. The summed E-state index contributed by atoms with van der Waals surface area (Å²) in [6.45, 7) is 17.7. The molecule has 3 heterocycles. The van der Waals surface area contributed by atoms with Gasteiger partial charge < -0.3 is 34.4 Å². The molecule has 2 bridgehead atoms. The fraction of sp³-hybridized carbons (Fsp3) is 0.632. The van der Waals surface area contributed by atoms with Crippen LogP contribution in [-0.4, -0.2) is 106 Å². The van der Waals surface area contributed by atoms with E-state index >= 15 is 0 Å². The first-order chi connectivity index (χ1) is 23.6. The van der Waals surface area contributed by atoms with E-state index in [9.17, 15) is 24.3 Å². The number of ether oxygens (including phenoxy) is 3. The minimum Gasteiger partial charge on any atom is -0.455 e. The van der Waals surface area contributed by atoms with Gasteiger partial charge in [0.2, 0.25) is 17.7 Å². The first kappa shape index (κ1) is 39.7. The van der Waals surface area contributed by atoms with E-state index in [2.05, 4.69) is 55.2 Å². The molecule has 3 amide bonds. The van der Waals surface area contributed by atoms with E-state index in [1.807, 2.05) is 32.0 Å². The Morgan fingerprint density at radius 2 is 1.86 bits per heavy atom. The number of aliphatic hydroxyl groups excluding tert-OH is 1. The van der Waals surface area contributed by atoms with Crippen LogP contribution in [-0.2, 0) is 33.4 Å². The largest absolute Gasteiger partial charge is 0.455 e. The molecule has 4 rings (SSSR count). The number of allylic oxidation sites excluding steroid dienone is 1. The molecule has 1 aromatic rings. The van der Waals surface area contributed by atoms with Gasteiger partial charge in [-0.3, -0.25) is 19.2 Å². The van der Waals surface area contributed by atoms with Crippen LogP contribution in [0, 0.1) is 17.3 Å². The smallest absolute Gasteiger partial charge is 0.313 e. The third-order valence-corrected chi connectivity index (χ3v) is 10.8. The van der Waals surface area contributed by atoms with Crippen molar-refractivity contribution < 1.29 is 38.5 Å². The summed E-state index contributed by atoms with van der Waals surface area (Å²) in [6.07, 6.45) is 3.27. The summed E-state index contributed by atoms with van der Waals surface area (Å²) >= 11 is 3.72. The summed E-state index contributed by atoms with van der Waals surface area (Å²) in [7, 11) is 1.50. The molecule has 2 N–H and O–H groups in total. The lowest BCUT2D eigenvalue weighted by Gasteiger charge is -2.45. The van der Waals surface area contributed by atoms with Crippen LogP contribution in [0.2, 0.25) is 0 Å². The molecule has 0 aliphatic carbocycles. The van der Waals surface area contributed by atoms with Gasteiger partial charge in [-0.25, -0.2) is 0 Å². The summed E-state index contributed by atoms with van der Waals surface area (Å²) in [5.74, 6) is -3.76. The molecule has 0 radical (unpaired) electrons. The van der Waals surface area contributed by atoms with Crippen LogP contribution in [0.5, 0.6) is 0 Å². The molecule has 3 aliphatic rings. The average Bonchev–Trinajstić information content (AvgIpc) is 3.63. The summed E-state index contributed by atoms with van der Waals surface area (Å²) in [5, 5.41) is 13.1. The molecular formula is C38H54BrN3O8. The zero-order valence-corrected chi connectivity index (χ0v) is 31.8. The van der Waals surface area contributed by atoms with Gasteiger partial charge in [-0.1, -0.05) is 79.2 Å². The minimum absolute atomic E-state index is 0.0506. The first-order valence-electron chi connectivity index (χ1n) is 17.4.